The molecule has 1 fully saturated rings. The molecule has 1 saturated heterocycles. The number of hydrogen-bond donors (Lipinski definition) is 0. The summed E-state index contributed by atoms with van der Waals surface area (Å²) in [5.74, 6) is 1.07. The minimum Gasteiger partial charge on any atom is -0.369 e. The van der Waals surface area contributed by atoms with Crippen LogP contribution in [-0.4, -0.2) is 50.6 Å². The van der Waals surface area contributed by atoms with Crippen LogP contribution in [0.1, 0.15) is 41.7 Å². The van der Waals surface area contributed by atoms with E-state index in [9.17, 15) is 4.21 Å². The lowest BCUT2D eigenvalue weighted by Gasteiger charge is -2.45. The van der Waals surface area contributed by atoms with Crippen LogP contribution in [0.25, 0.3) is 0 Å². The molecule has 2 aromatic rings. The zero-order valence-electron chi connectivity index (χ0n) is 15.8. The van der Waals surface area contributed by atoms with E-state index in [4.69, 9.17) is 16.3 Å². The summed E-state index contributed by atoms with van der Waals surface area (Å²) < 4.78 is 20.4. The summed E-state index contributed by atoms with van der Waals surface area (Å²) in [6, 6.07) is 2.14. The Balaban J connectivity index is 1.38. The van der Waals surface area contributed by atoms with Crippen molar-refractivity contribution in [3.63, 3.8) is 0 Å². The highest BCUT2D eigenvalue weighted by Crippen LogP contribution is 2.49. The smallest absolute Gasteiger partial charge is 0.105 e. The Morgan fingerprint density at radius 3 is 2.96 bits per heavy atom. The second kappa shape index (κ2) is 7.95. The number of hydrogen-bond acceptors (Lipinski definition) is 5. The van der Waals surface area contributed by atoms with Crippen molar-refractivity contribution in [1.82, 2.24) is 14.7 Å². The Bertz CT molecular complexity index is 827. The third kappa shape index (κ3) is 4.17. The van der Waals surface area contributed by atoms with Gasteiger partial charge in [-0.3, -0.25) is 13.8 Å². The van der Waals surface area contributed by atoms with Gasteiger partial charge < -0.3 is 4.74 Å². The van der Waals surface area contributed by atoms with Gasteiger partial charge in [0.05, 0.1) is 23.7 Å². The number of aryl methyl sites for hydroxylation is 1. The van der Waals surface area contributed by atoms with Crippen molar-refractivity contribution < 1.29 is 8.95 Å². The summed E-state index contributed by atoms with van der Waals surface area (Å²) in [4.78, 5) is 3.83. The highest BCUT2D eigenvalue weighted by Gasteiger charge is 2.44. The highest BCUT2D eigenvalue weighted by atomic mass is 35.5. The number of halogens is 1. The van der Waals surface area contributed by atoms with E-state index in [0.717, 1.165) is 43.4 Å². The molecule has 27 heavy (non-hydrogen) atoms. The molecule has 4 rings (SSSR count). The van der Waals surface area contributed by atoms with E-state index in [1.165, 1.54) is 16.0 Å². The lowest BCUT2D eigenvalue weighted by Crippen LogP contribution is -2.46. The second-order valence-electron chi connectivity index (χ2n) is 7.71. The topological polar surface area (TPSA) is 47.4 Å². The first-order chi connectivity index (χ1) is 12.9. The van der Waals surface area contributed by atoms with Gasteiger partial charge in [0.2, 0.25) is 0 Å². The summed E-state index contributed by atoms with van der Waals surface area (Å²) in [7, 11) is -0.782. The van der Waals surface area contributed by atoms with Crippen LogP contribution in [0.4, 0.5) is 0 Å². The molecule has 1 spiro atoms. The average Bonchev–Trinajstić information content (AvgIpc) is 3.26. The van der Waals surface area contributed by atoms with Crippen LogP contribution in [0.5, 0.6) is 0 Å². The van der Waals surface area contributed by atoms with Gasteiger partial charge >= 0.3 is 0 Å². The van der Waals surface area contributed by atoms with Crippen molar-refractivity contribution in [2.75, 3.05) is 31.7 Å². The second-order valence-corrected chi connectivity index (χ2v) is 10.9. The van der Waals surface area contributed by atoms with Crippen LogP contribution < -0.4 is 0 Å². The highest BCUT2D eigenvalue weighted by molar-refractivity contribution is 7.84. The molecule has 2 atom stereocenters. The summed E-state index contributed by atoms with van der Waals surface area (Å²) in [5, 5.41) is 4.40. The van der Waals surface area contributed by atoms with E-state index in [1.54, 1.807) is 17.6 Å². The quantitative estimate of drug-likeness (QED) is 0.731. The predicted octanol–water partition coefficient (Wildman–Crippen LogP) is 3.60. The van der Waals surface area contributed by atoms with Crippen molar-refractivity contribution in [3.8, 4) is 0 Å². The Kier molecular flexibility index (Phi) is 5.77. The molecule has 0 aromatic carbocycles. The Morgan fingerprint density at radius 2 is 2.22 bits per heavy atom. The number of likely N-dealkylation sites (tertiary alicyclic amines) is 1. The first-order valence-electron chi connectivity index (χ1n) is 9.42. The maximum atomic E-state index is 11.2. The van der Waals surface area contributed by atoms with Crippen LogP contribution >= 0.6 is 22.9 Å². The molecule has 148 valence electrons. The molecule has 0 amide bonds. The SMILES string of the molecule is CC1COC2(CCN(Cc3cnn(CCS(C)=O)c3)CC2)c2sc(Cl)cc21. The monoisotopic (exact) mass is 427 g/mol. The molecule has 0 saturated carbocycles. The third-order valence-electron chi connectivity index (χ3n) is 5.65. The molecule has 0 radical (unpaired) electrons. The van der Waals surface area contributed by atoms with Crippen LogP contribution in [0.15, 0.2) is 18.5 Å². The van der Waals surface area contributed by atoms with Gasteiger partial charge in [0.1, 0.15) is 5.60 Å². The molecule has 2 aliphatic rings. The van der Waals surface area contributed by atoms with Gasteiger partial charge in [-0.2, -0.15) is 5.10 Å². The molecule has 0 bridgehead atoms. The lowest BCUT2D eigenvalue weighted by molar-refractivity contribution is -0.102. The van der Waals surface area contributed by atoms with Gasteiger partial charge in [-0.15, -0.1) is 11.3 Å². The molecule has 0 N–H and O–H groups in total. The fraction of sp³-hybridized carbons (Fsp3) is 0.632. The van der Waals surface area contributed by atoms with E-state index < -0.39 is 10.8 Å². The number of ether oxygens (including phenoxy) is 1. The first kappa shape index (κ1) is 19.6. The van der Waals surface area contributed by atoms with Gasteiger partial charge in [0.25, 0.3) is 0 Å². The molecule has 2 aromatic heterocycles. The summed E-state index contributed by atoms with van der Waals surface area (Å²) >= 11 is 8.03. The van der Waals surface area contributed by atoms with Gasteiger partial charge in [0.15, 0.2) is 0 Å². The van der Waals surface area contributed by atoms with Gasteiger partial charge in [-0.1, -0.05) is 18.5 Å². The summed E-state index contributed by atoms with van der Waals surface area (Å²) in [6.07, 6.45) is 7.75. The molecule has 0 aliphatic carbocycles. The molecule has 8 heteroatoms. The van der Waals surface area contributed by atoms with Crippen LogP contribution in [0.3, 0.4) is 0 Å². The third-order valence-corrected chi connectivity index (χ3v) is 7.87. The molecule has 4 heterocycles. The van der Waals surface area contributed by atoms with Gasteiger partial charge in [-0.25, -0.2) is 0 Å². The maximum absolute atomic E-state index is 11.2. The minimum absolute atomic E-state index is 0.147. The Labute approximate surface area is 172 Å². The van der Waals surface area contributed by atoms with E-state index in [2.05, 4.69) is 29.2 Å². The van der Waals surface area contributed by atoms with E-state index >= 15 is 0 Å². The number of aromatic nitrogens is 2. The van der Waals surface area contributed by atoms with E-state index in [1.807, 2.05) is 10.9 Å². The van der Waals surface area contributed by atoms with Gasteiger partial charge in [0, 0.05) is 65.0 Å². The normalized spacial score (nSPS) is 23.4. The van der Waals surface area contributed by atoms with Crippen molar-refractivity contribution in [3.05, 3.63) is 38.8 Å². The fourth-order valence-corrected chi connectivity index (χ4v) is 6.07. The molecular formula is C19H26ClN3O2S2. The number of fused-ring (bicyclic) bond motifs is 2. The summed E-state index contributed by atoms with van der Waals surface area (Å²) in [6.45, 7) is 6.63. The number of rotatable bonds is 5. The van der Waals surface area contributed by atoms with E-state index in [-0.39, 0.29) is 5.60 Å². The van der Waals surface area contributed by atoms with Crippen molar-refractivity contribution >= 4 is 33.7 Å². The summed E-state index contributed by atoms with van der Waals surface area (Å²) in [5.41, 5.74) is 2.45. The Morgan fingerprint density at radius 1 is 1.44 bits per heavy atom. The molecule has 2 aliphatic heterocycles. The number of nitrogens with zero attached hydrogens (tertiary/aromatic N) is 3. The van der Waals surface area contributed by atoms with Crippen molar-refractivity contribution in [2.45, 2.75) is 44.4 Å². The zero-order chi connectivity index (χ0) is 19.0. The maximum Gasteiger partial charge on any atom is 0.105 e. The van der Waals surface area contributed by atoms with Crippen LogP contribution in [0, 0.1) is 0 Å². The van der Waals surface area contributed by atoms with Crippen LogP contribution in [0.2, 0.25) is 4.34 Å². The molecule has 5 nitrogen and oxygen atoms in total. The molecule has 2 unspecified atom stereocenters. The first-order valence-corrected chi connectivity index (χ1v) is 12.3. The van der Waals surface area contributed by atoms with Crippen molar-refractivity contribution in [2.24, 2.45) is 0 Å². The van der Waals surface area contributed by atoms with Crippen LogP contribution in [-0.2, 0) is 34.2 Å². The average molecular weight is 428 g/mol. The Hall–Kier alpha value is -0.730. The van der Waals surface area contributed by atoms with Crippen molar-refractivity contribution in [1.29, 1.82) is 0 Å². The zero-order valence-corrected chi connectivity index (χ0v) is 18.2. The largest absolute Gasteiger partial charge is 0.369 e. The molecular weight excluding hydrogens is 402 g/mol. The standard InChI is InChI=1S/C19H26ClN3O2S2/c1-14-13-25-19(18-16(14)9-17(20)26-18)3-5-22(6-4-19)11-15-10-21-23(12-15)7-8-27(2)24/h9-10,12,14H,3-8,11,13H2,1-2H3. The predicted molar refractivity (Wildman–Crippen MR) is 111 cm³/mol. The number of piperidine rings is 1. The van der Waals surface area contributed by atoms with E-state index in [0.29, 0.717) is 18.2 Å². The lowest BCUT2D eigenvalue weighted by atomic mass is 9.82. The fourth-order valence-electron chi connectivity index (χ4n) is 4.07. The van der Waals surface area contributed by atoms with Gasteiger partial charge in [-0.05, 0) is 24.5 Å². The minimum atomic E-state index is -0.782. The number of thiophene rings is 1.